The molecule has 0 spiro atoms. The molecule has 2 aromatic rings. The normalized spacial score (nSPS) is 10.6. The van der Waals surface area contributed by atoms with Gasteiger partial charge in [0.15, 0.2) is 0 Å². The van der Waals surface area contributed by atoms with E-state index in [1.54, 1.807) is 36.0 Å². The number of hydrogen-bond acceptors (Lipinski definition) is 2. The van der Waals surface area contributed by atoms with Crippen LogP contribution in [0.5, 0.6) is 0 Å². The van der Waals surface area contributed by atoms with Crippen LogP contribution in [0.1, 0.15) is 10.4 Å². The van der Waals surface area contributed by atoms with Gasteiger partial charge in [-0.3, -0.25) is 4.79 Å². The van der Waals surface area contributed by atoms with Gasteiger partial charge >= 0.3 is 0 Å². The smallest absolute Gasteiger partial charge is 0.251 e. The van der Waals surface area contributed by atoms with Crippen LogP contribution < -0.4 is 5.32 Å². The van der Waals surface area contributed by atoms with E-state index in [2.05, 4.69) is 5.32 Å². The molecule has 94 valence electrons. The maximum Gasteiger partial charge on any atom is 0.251 e. The minimum Gasteiger partial charge on any atom is -0.351 e. The van der Waals surface area contributed by atoms with Gasteiger partial charge in [0.1, 0.15) is 5.82 Å². The van der Waals surface area contributed by atoms with E-state index in [0.717, 1.165) is 5.75 Å². The number of rotatable bonds is 4. The fraction of sp³-hybridized carbons (Fsp3) is 0.214. The van der Waals surface area contributed by atoms with Crippen LogP contribution in [-0.4, -0.2) is 24.5 Å². The molecule has 0 fully saturated rings. The van der Waals surface area contributed by atoms with Crippen molar-refractivity contribution in [3.8, 4) is 0 Å². The maximum atomic E-state index is 13.6. The molecule has 1 amide bonds. The van der Waals surface area contributed by atoms with Crippen LogP contribution in [0.4, 0.5) is 4.39 Å². The molecular formula is C14H14FNOS. The molecule has 0 saturated carbocycles. The quantitative estimate of drug-likeness (QED) is 0.859. The van der Waals surface area contributed by atoms with Crippen molar-refractivity contribution in [1.29, 1.82) is 0 Å². The van der Waals surface area contributed by atoms with Crippen molar-refractivity contribution in [3.05, 3.63) is 47.8 Å². The lowest BCUT2D eigenvalue weighted by Gasteiger charge is -2.08. The van der Waals surface area contributed by atoms with Gasteiger partial charge in [0.25, 0.3) is 5.91 Å². The average molecular weight is 263 g/mol. The van der Waals surface area contributed by atoms with Crippen molar-refractivity contribution in [2.45, 2.75) is 0 Å². The Balaban J connectivity index is 2.33. The zero-order valence-corrected chi connectivity index (χ0v) is 10.9. The zero-order valence-electron chi connectivity index (χ0n) is 10.1. The van der Waals surface area contributed by atoms with Gasteiger partial charge < -0.3 is 5.32 Å². The molecule has 2 rings (SSSR count). The Hall–Kier alpha value is -1.55. The van der Waals surface area contributed by atoms with E-state index in [1.165, 1.54) is 12.1 Å². The summed E-state index contributed by atoms with van der Waals surface area (Å²) in [5.74, 6) is 0.414. The monoisotopic (exact) mass is 263 g/mol. The molecule has 0 saturated heterocycles. The van der Waals surface area contributed by atoms with Crippen molar-refractivity contribution in [3.63, 3.8) is 0 Å². The van der Waals surface area contributed by atoms with Crippen molar-refractivity contribution in [2.24, 2.45) is 0 Å². The summed E-state index contributed by atoms with van der Waals surface area (Å²) in [4.78, 5) is 12.0. The third-order valence-corrected chi connectivity index (χ3v) is 3.32. The van der Waals surface area contributed by atoms with Crippen LogP contribution in [-0.2, 0) is 0 Å². The molecule has 0 aliphatic carbocycles. The second-order valence-corrected chi connectivity index (χ2v) is 4.87. The number of thioether (sulfide) groups is 1. The number of benzene rings is 2. The summed E-state index contributed by atoms with van der Waals surface area (Å²) in [6.07, 6.45) is 1.99. The highest BCUT2D eigenvalue weighted by Crippen LogP contribution is 2.21. The van der Waals surface area contributed by atoms with Gasteiger partial charge in [-0.05, 0) is 23.8 Å². The molecule has 0 heterocycles. The van der Waals surface area contributed by atoms with E-state index in [9.17, 15) is 9.18 Å². The van der Waals surface area contributed by atoms with Gasteiger partial charge in [0.05, 0.1) is 0 Å². The first-order valence-corrected chi connectivity index (χ1v) is 7.08. The number of nitrogens with one attached hydrogen (secondary N) is 1. The fourth-order valence-electron chi connectivity index (χ4n) is 1.82. The molecule has 0 bridgehead atoms. The maximum absolute atomic E-state index is 13.6. The summed E-state index contributed by atoms with van der Waals surface area (Å²) in [6, 6.07) is 9.89. The minimum absolute atomic E-state index is 0.153. The number of carbonyl (C=O) groups excluding carboxylic acids is 1. The van der Waals surface area contributed by atoms with E-state index in [4.69, 9.17) is 0 Å². The predicted molar refractivity (Wildman–Crippen MR) is 74.6 cm³/mol. The lowest BCUT2D eigenvalue weighted by Crippen LogP contribution is -2.25. The number of halogens is 1. The number of fused-ring (bicyclic) bond motifs is 1. The first kappa shape index (κ1) is 12.9. The Labute approximate surface area is 110 Å². The molecule has 0 aromatic heterocycles. The molecule has 18 heavy (non-hydrogen) atoms. The predicted octanol–water partition coefficient (Wildman–Crippen LogP) is 3.07. The molecule has 4 heteroatoms. The average Bonchev–Trinajstić information content (AvgIpc) is 2.39. The van der Waals surface area contributed by atoms with Crippen molar-refractivity contribution >= 4 is 28.4 Å². The number of amides is 1. The summed E-state index contributed by atoms with van der Waals surface area (Å²) in [5.41, 5.74) is 0.521. The van der Waals surface area contributed by atoms with E-state index in [-0.39, 0.29) is 11.7 Å². The highest BCUT2D eigenvalue weighted by atomic mass is 32.2. The van der Waals surface area contributed by atoms with Crippen molar-refractivity contribution < 1.29 is 9.18 Å². The first-order chi connectivity index (χ1) is 8.74. The van der Waals surface area contributed by atoms with E-state index in [0.29, 0.717) is 22.9 Å². The van der Waals surface area contributed by atoms with Crippen LogP contribution in [0.25, 0.3) is 10.8 Å². The van der Waals surface area contributed by atoms with Crippen LogP contribution in [0, 0.1) is 5.82 Å². The Morgan fingerprint density at radius 2 is 1.94 bits per heavy atom. The van der Waals surface area contributed by atoms with Crippen LogP contribution in [0.2, 0.25) is 0 Å². The van der Waals surface area contributed by atoms with Gasteiger partial charge in [-0.2, -0.15) is 11.8 Å². The Kier molecular flexibility index (Phi) is 4.20. The molecular weight excluding hydrogens is 249 g/mol. The Bertz CT molecular complexity index is 571. The number of carbonyl (C=O) groups is 1. The van der Waals surface area contributed by atoms with E-state index >= 15 is 0 Å². The second-order valence-electron chi connectivity index (χ2n) is 3.89. The highest BCUT2D eigenvalue weighted by molar-refractivity contribution is 7.98. The van der Waals surface area contributed by atoms with E-state index in [1.807, 2.05) is 6.26 Å². The molecule has 0 aliphatic rings. The zero-order chi connectivity index (χ0) is 13.0. The molecule has 1 N–H and O–H groups in total. The van der Waals surface area contributed by atoms with Gasteiger partial charge in [-0.15, -0.1) is 0 Å². The summed E-state index contributed by atoms with van der Waals surface area (Å²) in [7, 11) is 0. The number of hydrogen-bond donors (Lipinski definition) is 1. The SMILES string of the molecule is CSCCNC(=O)c1ccc(F)c2ccccc12. The summed E-state index contributed by atoms with van der Waals surface area (Å²) in [5, 5.41) is 3.96. The summed E-state index contributed by atoms with van der Waals surface area (Å²) < 4.78 is 13.6. The van der Waals surface area contributed by atoms with Crippen LogP contribution >= 0.6 is 11.8 Å². The van der Waals surface area contributed by atoms with Gasteiger partial charge in [-0.1, -0.05) is 24.3 Å². The first-order valence-electron chi connectivity index (χ1n) is 5.68. The lowest BCUT2D eigenvalue weighted by molar-refractivity contribution is 0.0958. The highest BCUT2D eigenvalue weighted by Gasteiger charge is 2.11. The second kappa shape index (κ2) is 5.87. The Morgan fingerprint density at radius 1 is 1.22 bits per heavy atom. The Morgan fingerprint density at radius 3 is 2.67 bits per heavy atom. The third-order valence-electron chi connectivity index (χ3n) is 2.71. The molecule has 0 aliphatic heterocycles. The molecule has 0 atom stereocenters. The van der Waals surface area contributed by atoms with E-state index < -0.39 is 0 Å². The molecule has 0 unspecified atom stereocenters. The molecule has 0 radical (unpaired) electrons. The standard InChI is InChI=1S/C14H14FNOS/c1-18-9-8-16-14(17)12-6-7-13(15)11-5-3-2-4-10(11)12/h2-7H,8-9H2,1H3,(H,16,17). The fourth-order valence-corrected chi connectivity index (χ4v) is 2.13. The molecule has 2 aromatic carbocycles. The lowest BCUT2D eigenvalue weighted by atomic mass is 10.0. The molecule has 2 nitrogen and oxygen atoms in total. The largest absolute Gasteiger partial charge is 0.351 e. The van der Waals surface area contributed by atoms with Crippen LogP contribution in [0.3, 0.4) is 0 Å². The van der Waals surface area contributed by atoms with Gasteiger partial charge in [-0.25, -0.2) is 4.39 Å². The van der Waals surface area contributed by atoms with Crippen molar-refractivity contribution in [2.75, 3.05) is 18.6 Å². The summed E-state index contributed by atoms with van der Waals surface area (Å²) in [6.45, 7) is 0.617. The topological polar surface area (TPSA) is 29.1 Å². The summed E-state index contributed by atoms with van der Waals surface area (Å²) >= 11 is 1.67. The van der Waals surface area contributed by atoms with Gasteiger partial charge in [0, 0.05) is 23.2 Å². The van der Waals surface area contributed by atoms with Crippen molar-refractivity contribution in [1.82, 2.24) is 5.32 Å². The van der Waals surface area contributed by atoms with Crippen LogP contribution in [0.15, 0.2) is 36.4 Å². The third kappa shape index (κ3) is 2.64. The van der Waals surface area contributed by atoms with Gasteiger partial charge in [0.2, 0.25) is 0 Å². The minimum atomic E-state index is -0.300.